The highest BCUT2D eigenvalue weighted by Gasteiger charge is 2.29. The summed E-state index contributed by atoms with van der Waals surface area (Å²) >= 11 is 0. The number of carbonyl (C=O) groups is 3. The van der Waals surface area contributed by atoms with E-state index in [4.69, 9.17) is 0 Å². The van der Waals surface area contributed by atoms with Gasteiger partial charge in [-0.05, 0) is 26.3 Å². The number of likely N-dealkylation sites (N-methyl/N-ethyl adjacent to an activating group) is 1. The maximum atomic E-state index is 12.7. The summed E-state index contributed by atoms with van der Waals surface area (Å²) in [7, 11) is 0. The highest BCUT2D eigenvalue weighted by molar-refractivity contribution is 6.28. The Morgan fingerprint density at radius 1 is 1.09 bits per heavy atom. The van der Waals surface area contributed by atoms with E-state index in [2.05, 4.69) is 5.32 Å². The van der Waals surface area contributed by atoms with E-state index < -0.39 is 0 Å². The van der Waals surface area contributed by atoms with Crippen molar-refractivity contribution in [1.29, 1.82) is 0 Å². The van der Waals surface area contributed by atoms with E-state index in [1.54, 1.807) is 37.3 Å². The molecule has 1 aromatic rings. The summed E-state index contributed by atoms with van der Waals surface area (Å²) in [5, 5.41) is 2.75. The number of ketones is 2. The summed E-state index contributed by atoms with van der Waals surface area (Å²) < 4.78 is 0. The third-order valence-corrected chi connectivity index (χ3v) is 3.87. The summed E-state index contributed by atoms with van der Waals surface area (Å²) in [5.41, 5.74) is 2.09. The Labute approximate surface area is 136 Å². The fraction of sp³-hybridized carbons (Fsp3) is 0.316. The number of fused-ring (bicyclic) bond motifs is 1. The van der Waals surface area contributed by atoms with E-state index in [0.29, 0.717) is 40.8 Å². The van der Waals surface area contributed by atoms with Gasteiger partial charge in [0.2, 0.25) is 5.91 Å². The maximum absolute atomic E-state index is 12.7. The summed E-state index contributed by atoms with van der Waals surface area (Å²) in [5.74, 6) is -0.539. The summed E-state index contributed by atoms with van der Waals surface area (Å²) in [6, 6.07) is 6.80. The molecule has 1 aromatic carbocycles. The van der Waals surface area contributed by atoms with E-state index in [1.807, 2.05) is 13.8 Å². The number of nitrogens with one attached hydrogen (secondary N) is 1. The second-order valence-electron chi connectivity index (χ2n) is 5.52. The normalized spacial score (nSPS) is 14.8. The molecule has 0 radical (unpaired) electrons. The molecule has 1 aliphatic carbocycles. The lowest BCUT2D eigenvalue weighted by Crippen LogP contribution is -2.26. The Morgan fingerprint density at radius 2 is 1.70 bits per heavy atom. The van der Waals surface area contributed by atoms with Crippen LogP contribution in [0.25, 0.3) is 0 Å². The molecule has 4 nitrogen and oxygen atoms in total. The van der Waals surface area contributed by atoms with Crippen molar-refractivity contribution in [3.05, 3.63) is 58.2 Å². The van der Waals surface area contributed by atoms with Crippen molar-refractivity contribution in [2.45, 2.75) is 33.6 Å². The molecule has 0 unspecified atom stereocenters. The van der Waals surface area contributed by atoms with Crippen LogP contribution in [0.3, 0.4) is 0 Å². The first-order valence-corrected chi connectivity index (χ1v) is 7.89. The fourth-order valence-corrected chi connectivity index (χ4v) is 2.66. The summed E-state index contributed by atoms with van der Waals surface area (Å²) in [6.07, 6.45) is 2.93. The van der Waals surface area contributed by atoms with Crippen molar-refractivity contribution in [2.24, 2.45) is 0 Å². The number of carbonyl (C=O) groups excluding carboxylic acids is 3. The van der Waals surface area contributed by atoms with Crippen LogP contribution in [-0.4, -0.2) is 24.0 Å². The van der Waals surface area contributed by atoms with Crippen LogP contribution < -0.4 is 5.32 Å². The molecule has 0 saturated heterocycles. The Bertz CT molecular complexity index is 726. The van der Waals surface area contributed by atoms with Gasteiger partial charge < -0.3 is 5.32 Å². The molecule has 1 N–H and O–H groups in total. The molecule has 4 heteroatoms. The molecule has 0 aliphatic heterocycles. The quantitative estimate of drug-likeness (QED) is 0.849. The minimum absolute atomic E-state index is 0.154. The van der Waals surface area contributed by atoms with Crippen LogP contribution in [0.1, 0.15) is 54.3 Å². The molecule has 0 fully saturated rings. The minimum Gasteiger partial charge on any atom is -0.353 e. The SMILES string of the molecule is CCC/C(=C\C1=C(C)C(=O)c2ccccc2C1=O)C(=O)NCC. The first kappa shape index (κ1) is 16.9. The van der Waals surface area contributed by atoms with Crippen LogP contribution in [0, 0.1) is 0 Å². The predicted molar refractivity (Wildman–Crippen MR) is 89.5 cm³/mol. The number of benzene rings is 1. The lowest BCUT2D eigenvalue weighted by atomic mass is 9.83. The zero-order valence-corrected chi connectivity index (χ0v) is 13.7. The van der Waals surface area contributed by atoms with Gasteiger partial charge in [0.25, 0.3) is 0 Å². The monoisotopic (exact) mass is 311 g/mol. The molecule has 0 heterocycles. The molecule has 120 valence electrons. The van der Waals surface area contributed by atoms with Crippen LogP contribution in [0.15, 0.2) is 47.1 Å². The van der Waals surface area contributed by atoms with Crippen molar-refractivity contribution in [2.75, 3.05) is 6.54 Å². The van der Waals surface area contributed by atoms with Crippen LogP contribution in [0.5, 0.6) is 0 Å². The van der Waals surface area contributed by atoms with E-state index in [0.717, 1.165) is 6.42 Å². The second kappa shape index (κ2) is 7.18. The zero-order valence-electron chi connectivity index (χ0n) is 13.7. The van der Waals surface area contributed by atoms with Gasteiger partial charge in [0.1, 0.15) is 0 Å². The number of rotatable bonds is 5. The highest BCUT2D eigenvalue weighted by atomic mass is 16.2. The van der Waals surface area contributed by atoms with Gasteiger partial charge in [0, 0.05) is 34.4 Å². The van der Waals surface area contributed by atoms with Gasteiger partial charge in [-0.3, -0.25) is 14.4 Å². The fourth-order valence-electron chi connectivity index (χ4n) is 2.66. The number of hydrogen-bond acceptors (Lipinski definition) is 3. The standard InChI is InChI=1S/C19H21NO3/c1-4-8-13(19(23)20-5-2)11-16-12(3)17(21)14-9-6-7-10-15(14)18(16)22/h6-7,9-11H,4-5,8H2,1-3H3,(H,20,23)/b13-11+. The molecule has 23 heavy (non-hydrogen) atoms. The molecule has 1 amide bonds. The molecule has 1 aliphatic rings. The number of amides is 1. The lowest BCUT2D eigenvalue weighted by Gasteiger charge is -2.18. The van der Waals surface area contributed by atoms with Gasteiger partial charge in [-0.25, -0.2) is 0 Å². The molecule has 0 bridgehead atoms. The molecular weight excluding hydrogens is 290 g/mol. The third-order valence-electron chi connectivity index (χ3n) is 3.87. The molecular formula is C19H21NO3. The van der Waals surface area contributed by atoms with E-state index in [-0.39, 0.29) is 17.5 Å². The largest absolute Gasteiger partial charge is 0.353 e. The molecule has 0 saturated carbocycles. The van der Waals surface area contributed by atoms with Crippen LogP contribution in [0.2, 0.25) is 0 Å². The van der Waals surface area contributed by atoms with E-state index in [1.165, 1.54) is 0 Å². The predicted octanol–water partition coefficient (Wildman–Crippen LogP) is 3.24. The van der Waals surface area contributed by atoms with E-state index >= 15 is 0 Å². The van der Waals surface area contributed by atoms with Crippen molar-refractivity contribution in [3.63, 3.8) is 0 Å². The molecule has 0 atom stereocenters. The molecule has 2 rings (SSSR count). The molecule has 0 spiro atoms. The van der Waals surface area contributed by atoms with Gasteiger partial charge in [-0.2, -0.15) is 0 Å². The van der Waals surface area contributed by atoms with E-state index in [9.17, 15) is 14.4 Å². The Balaban J connectivity index is 2.51. The van der Waals surface area contributed by atoms with Crippen LogP contribution >= 0.6 is 0 Å². The third kappa shape index (κ3) is 3.31. The average Bonchev–Trinajstić information content (AvgIpc) is 2.56. The minimum atomic E-state index is -0.199. The Morgan fingerprint density at radius 3 is 2.26 bits per heavy atom. The maximum Gasteiger partial charge on any atom is 0.247 e. The van der Waals surface area contributed by atoms with Gasteiger partial charge >= 0.3 is 0 Å². The smallest absolute Gasteiger partial charge is 0.247 e. The van der Waals surface area contributed by atoms with Gasteiger partial charge in [0.05, 0.1) is 0 Å². The van der Waals surface area contributed by atoms with Gasteiger partial charge in [-0.1, -0.05) is 37.6 Å². The average molecular weight is 311 g/mol. The first-order valence-electron chi connectivity index (χ1n) is 7.89. The van der Waals surface area contributed by atoms with Crippen molar-refractivity contribution >= 4 is 17.5 Å². The number of allylic oxidation sites excluding steroid dienone is 3. The Hall–Kier alpha value is -2.49. The molecule has 0 aromatic heterocycles. The van der Waals surface area contributed by atoms with Gasteiger partial charge in [0.15, 0.2) is 11.6 Å². The topological polar surface area (TPSA) is 63.2 Å². The first-order chi connectivity index (χ1) is 11.0. The van der Waals surface area contributed by atoms with Crippen molar-refractivity contribution < 1.29 is 14.4 Å². The van der Waals surface area contributed by atoms with Crippen LogP contribution in [0.4, 0.5) is 0 Å². The zero-order chi connectivity index (χ0) is 17.0. The number of hydrogen-bond donors (Lipinski definition) is 1. The highest BCUT2D eigenvalue weighted by Crippen LogP contribution is 2.28. The second-order valence-corrected chi connectivity index (χ2v) is 5.52. The number of Topliss-reactive ketones (excluding diaryl/α,β-unsaturated/α-hetero) is 2. The lowest BCUT2D eigenvalue weighted by molar-refractivity contribution is -0.117. The summed E-state index contributed by atoms with van der Waals surface area (Å²) in [4.78, 5) is 37.3. The van der Waals surface area contributed by atoms with Crippen molar-refractivity contribution in [1.82, 2.24) is 5.32 Å². The van der Waals surface area contributed by atoms with Crippen LogP contribution in [-0.2, 0) is 4.79 Å². The van der Waals surface area contributed by atoms with Gasteiger partial charge in [-0.15, -0.1) is 0 Å². The van der Waals surface area contributed by atoms with Crippen molar-refractivity contribution in [3.8, 4) is 0 Å². The summed E-state index contributed by atoms with van der Waals surface area (Å²) in [6.45, 7) is 5.98. The Kier molecular flexibility index (Phi) is 5.27.